The summed E-state index contributed by atoms with van der Waals surface area (Å²) in [6, 6.07) is 6.63. The van der Waals surface area contributed by atoms with Crippen molar-refractivity contribution in [1.82, 2.24) is 15.1 Å². The van der Waals surface area contributed by atoms with E-state index in [0.29, 0.717) is 0 Å². The molecule has 0 bridgehead atoms. The molecule has 0 radical (unpaired) electrons. The molecule has 1 unspecified atom stereocenters. The minimum atomic E-state index is -0.233. The summed E-state index contributed by atoms with van der Waals surface area (Å²) in [6.07, 6.45) is 2.77. The SMILES string of the molecule is CCCNC(c1cc(F)ccc1Br)c1ccnn1C. The van der Waals surface area contributed by atoms with Crippen LogP contribution in [-0.4, -0.2) is 16.3 Å². The maximum absolute atomic E-state index is 13.5. The first-order valence-corrected chi connectivity index (χ1v) is 7.09. The van der Waals surface area contributed by atoms with Crippen molar-refractivity contribution in [2.24, 2.45) is 7.05 Å². The highest BCUT2D eigenvalue weighted by molar-refractivity contribution is 9.10. The number of hydrogen-bond donors (Lipinski definition) is 1. The third-order valence-electron chi connectivity index (χ3n) is 3.02. The third kappa shape index (κ3) is 3.22. The fourth-order valence-corrected chi connectivity index (χ4v) is 2.54. The van der Waals surface area contributed by atoms with Crippen molar-refractivity contribution in [3.05, 3.63) is 52.0 Å². The van der Waals surface area contributed by atoms with Crippen LogP contribution in [0, 0.1) is 5.82 Å². The van der Waals surface area contributed by atoms with E-state index in [-0.39, 0.29) is 11.9 Å². The second kappa shape index (κ2) is 6.30. The van der Waals surface area contributed by atoms with Gasteiger partial charge < -0.3 is 5.32 Å². The number of nitrogens with one attached hydrogen (secondary N) is 1. The summed E-state index contributed by atoms with van der Waals surface area (Å²) >= 11 is 3.50. The van der Waals surface area contributed by atoms with Gasteiger partial charge in [0.05, 0.1) is 11.7 Å². The Hall–Kier alpha value is -1.20. The standard InChI is InChI=1S/C14H17BrFN3/c1-3-7-17-14(13-6-8-18-19(13)2)11-9-10(16)4-5-12(11)15/h4-6,8-9,14,17H,3,7H2,1-2H3. The van der Waals surface area contributed by atoms with Crippen LogP contribution < -0.4 is 5.32 Å². The highest BCUT2D eigenvalue weighted by atomic mass is 79.9. The number of aromatic nitrogens is 2. The third-order valence-corrected chi connectivity index (χ3v) is 3.74. The average Bonchev–Trinajstić information content (AvgIpc) is 2.80. The van der Waals surface area contributed by atoms with E-state index in [1.54, 1.807) is 18.3 Å². The van der Waals surface area contributed by atoms with Gasteiger partial charge in [-0.2, -0.15) is 5.10 Å². The van der Waals surface area contributed by atoms with E-state index < -0.39 is 0 Å². The van der Waals surface area contributed by atoms with Crippen molar-refractivity contribution in [2.75, 3.05) is 6.54 Å². The van der Waals surface area contributed by atoms with Crippen molar-refractivity contribution < 1.29 is 4.39 Å². The topological polar surface area (TPSA) is 29.9 Å². The van der Waals surface area contributed by atoms with Gasteiger partial charge in [-0.1, -0.05) is 22.9 Å². The summed E-state index contributed by atoms with van der Waals surface area (Å²) in [5.74, 6) is -0.233. The molecule has 0 fully saturated rings. The number of halogens is 2. The van der Waals surface area contributed by atoms with Crippen molar-refractivity contribution >= 4 is 15.9 Å². The molecule has 1 N–H and O–H groups in total. The van der Waals surface area contributed by atoms with E-state index in [0.717, 1.165) is 28.7 Å². The molecule has 0 aliphatic heterocycles. The Morgan fingerprint density at radius 3 is 2.84 bits per heavy atom. The number of rotatable bonds is 5. The van der Waals surface area contributed by atoms with Gasteiger partial charge in [-0.3, -0.25) is 4.68 Å². The molecule has 0 amide bonds. The summed E-state index contributed by atoms with van der Waals surface area (Å²) in [6.45, 7) is 2.97. The van der Waals surface area contributed by atoms with E-state index in [9.17, 15) is 4.39 Å². The maximum atomic E-state index is 13.5. The zero-order valence-corrected chi connectivity index (χ0v) is 12.6. The molecule has 102 valence electrons. The molecule has 0 saturated carbocycles. The number of hydrogen-bond acceptors (Lipinski definition) is 2. The molecule has 1 aromatic heterocycles. The molecule has 2 rings (SSSR count). The normalized spacial score (nSPS) is 12.6. The first-order valence-electron chi connectivity index (χ1n) is 6.29. The van der Waals surface area contributed by atoms with E-state index in [4.69, 9.17) is 0 Å². The number of benzene rings is 1. The van der Waals surface area contributed by atoms with Crippen LogP contribution in [0.15, 0.2) is 34.9 Å². The van der Waals surface area contributed by atoms with Crippen molar-refractivity contribution in [3.8, 4) is 0 Å². The lowest BCUT2D eigenvalue weighted by atomic mass is 10.0. The molecule has 19 heavy (non-hydrogen) atoms. The van der Waals surface area contributed by atoms with Crippen LogP contribution in [-0.2, 0) is 7.05 Å². The van der Waals surface area contributed by atoms with Gasteiger partial charge in [-0.25, -0.2) is 4.39 Å². The van der Waals surface area contributed by atoms with Crippen LogP contribution in [0.3, 0.4) is 0 Å². The summed E-state index contributed by atoms with van der Waals surface area (Å²) in [4.78, 5) is 0. The van der Waals surface area contributed by atoms with Gasteiger partial charge >= 0.3 is 0 Å². The quantitative estimate of drug-likeness (QED) is 0.912. The molecule has 2 aromatic rings. The Kier molecular flexibility index (Phi) is 4.71. The number of nitrogens with zero attached hydrogens (tertiary/aromatic N) is 2. The predicted molar refractivity (Wildman–Crippen MR) is 77.4 cm³/mol. The molecule has 0 spiro atoms. The van der Waals surface area contributed by atoms with Crippen LogP contribution in [0.4, 0.5) is 4.39 Å². The van der Waals surface area contributed by atoms with Crippen LogP contribution in [0.2, 0.25) is 0 Å². The molecule has 0 aliphatic carbocycles. The Morgan fingerprint density at radius 2 is 2.21 bits per heavy atom. The summed E-state index contributed by atoms with van der Waals surface area (Å²) in [5, 5.41) is 7.63. The van der Waals surface area contributed by atoms with Gasteiger partial charge in [0.15, 0.2) is 0 Å². The Bertz CT molecular complexity index is 553. The summed E-state index contributed by atoms with van der Waals surface area (Å²) in [5.41, 5.74) is 1.90. The molecule has 0 saturated heterocycles. The maximum Gasteiger partial charge on any atom is 0.123 e. The van der Waals surface area contributed by atoms with Gasteiger partial charge in [-0.05, 0) is 42.8 Å². The lowest BCUT2D eigenvalue weighted by Gasteiger charge is -2.20. The fourth-order valence-electron chi connectivity index (χ4n) is 2.07. The van der Waals surface area contributed by atoms with E-state index in [1.807, 2.05) is 17.8 Å². The van der Waals surface area contributed by atoms with Crippen molar-refractivity contribution in [1.29, 1.82) is 0 Å². The molecule has 1 heterocycles. The average molecular weight is 326 g/mol. The minimum Gasteiger partial charge on any atom is -0.305 e. The molecule has 0 aliphatic rings. The van der Waals surface area contributed by atoms with Crippen molar-refractivity contribution in [2.45, 2.75) is 19.4 Å². The molecule has 1 atom stereocenters. The smallest absolute Gasteiger partial charge is 0.123 e. The van der Waals surface area contributed by atoms with Gasteiger partial charge in [0, 0.05) is 17.7 Å². The minimum absolute atomic E-state index is 0.0717. The van der Waals surface area contributed by atoms with Crippen LogP contribution >= 0.6 is 15.9 Å². The fraction of sp³-hybridized carbons (Fsp3) is 0.357. The number of aryl methyl sites for hydroxylation is 1. The molecular weight excluding hydrogens is 309 g/mol. The Balaban J connectivity index is 2.42. The predicted octanol–water partition coefficient (Wildman–Crippen LogP) is 3.41. The Morgan fingerprint density at radius 1 is 1.42 bits per heavy atom. The highest BCUT2D eigenvalue weighted by Gasteiger charge is 2.19. The van der Waals surface area contributed by atoms with E-state index in [1.165, 1.54) is 6.07 Å². The van der Waals surface area contributed by atoms with Gasteiger partial charge in [0.25, 0.3) is 0 Å². The second-order valence-corrected chi connectivity index (χ2v) is 5.29. The molecule has 3 nitrogen and oxygen atoms in total. The lowest BCUT2D eigenvalue weighted by Crippen LogP contribution is -2.25. The zero-order valence-electron chi connectivity index (χ0n) is 11.0. The van der Waals surface area contributed by atoms with Crippen LogP contribution in [0.5, 0.6) is 0 Å². The van der Waals surface area contributed by atoms with E-state index in [2.05, 4.69) is 33.3 Å². The van der Waals surface area contributed by atoms with E-state index >= 15 is 0 Å². The first-order chi connectivity index (χ1) is 9.13. The first kappa shape index (κ1) is 14.2. The lowest BCUT2D eigenvalue weighted by molar-refractivity contribution is 0.546. The summed E-state index contributed by atoms with van der Waals surface area (Å²) < 4.78 is 16.2. The Labute approximate surface area is 121 Å². The van der Waals surface area contributed by atoms with Crippen LogP contribution in [0.1, 0.15) is 30.6 Å². The van der Waals surface area contributed by atoms with Crippen LogP contribution in [0.25, 0.3) is 0 Å². The highest BCUT2D eigenvalue weighted by Crippen LogP contribution is 2.29. The largest absolute Gasteiger partial charge is 0.305 e. The molecule has 1 aromatic carbocycles. The van der Waals surface area contributed by atoms with Gasteiger partial charge in [0.1, 0.15) is 5.82 Å². The van der Waals surface area contributed by atoms with Gasteiger partial charge in [0.2, 0.25) is 0 Å². The monoisotopic (exact) mass is 325 g/mol. The zero-order chi connectivity index (χ0) is 13.8. The molecule has 5 heteroatoms. The summed E-state index contributed by atoms with van der Waals surface area (Å²) in [7, 11) is 1.89. The van der Waals surface area contributed by atoms with Gasteiger partial charge in [-0.15, -0.1) is 0 Å². The second-order valence-electron chi connectivity index (χ2n) is 4.43. The molecular formula is C14H17BrFN3. The van der Waals surface area contributed by atoms with Crippen molar-refractivity contribution in [3.63, 3.8) is 0 Å².